The van der Waals surface area contributed by atoms with Gasteiger partial charge >= 0.3 is 0 Å². The Morgan fingerprint density at radius 2 is 1.97 bits per heavy atom. The summed E-state index contributed by atoms with van der Waals surface area (Å²) in [6, 6.07) is 11.7. The number of halogens is 1. The summed E-state index contributed by atoms with van der Waals surface area (Å²) in [7, 11) is 1.55. The van der Waals surface area contributed by atoms with Gasteiger partial charge in [0.05, 0.1) is 12.1 Å². The van der Waals surface area contributed by atoms with E-state index in [1.165, 1.54) is 13.0 Å². The monoisotopic (exact) mass is 395 g/mol. The molecule has 2 heterocycles. The van der Waals surface area contributed by atoms with Gasteiger partial charge in [0.2, 0.25) is 0 Å². The lowest BCUT2D eigenvalue weighted by Crippen LogP contribution is -2.05. The van der Waals surface area contributed by atoms with Crippen LogP contribution in [0.5, 0.6) is 5.75 Å². The highest BCUT2D eigenvalue weighted by atomic mass is 19.1. The molecule has 4 aromatic rings. The number of carbonyl (C=O) groups excluding carboxylic acids is 1. The number of methoxy groups -OCH3 is 1. The molecule has 0 saturated heterocycles. The second kappa shape index (κ2) is 7.84. The molecule has 4 rings (SSSR count). The maximum Gasteiger partial charge on any atom is 0.188 e. The van der Waals surface area contributed by atoms with Gasteiger partial charge in [0.15, 0.2) is 23.1 Å². The first-order valence-electron chi connectivity index (χ1n) is 8.94. The van der Waals surface area contributed by atoms with E-state index in [2.05, 4.69) is 15.4 Å². The van der Waals surface area contributed by atoms with Gasteiger partial charge in [-0.25, -0.2) is 4.39 Å². The van der Waals surface area contributed by atoms with Crippen LogP contribution in [0.2, 0.25) is 0 Å². The van der Waals surface area contributed by atoms with Crippen molar-refractivity contribution in [1.82, 2.24) is 15.4 Å². The van der Waals surface area contributed by atoms with Crippen LogP contribution in [0.25, 0.3) is 33.6 Å². The number of Topliss-reactive ketones (excluding diaryl/α,β-unsaturated/α-hetero) is 1. The molecule has 0 unspecified atom stereocenters. The van der Waals surface area contributed by atoms with Crippen LogP contribution in [0.4, 0.5) is 4.39 Å². The van der Waals surface area contributed by atoms with E-state index in [4.69, 9.17) is 14.0 Å². The van der Waals surface area contributed by atoms with Crippen LogP contribution >= 0.6 is 0 Å². The Labute approximate surface area is 165 Å². The lowest BCUT2D eigenvalue weighted by molar-refractivity contribution is 0.101. The van der Waals surface area contributed by atoms with Gasteiger partial charge in [-0.15, -0.1) is 0 Å². The molecule has 0 aliphatic heterocycles. The zero-order valence-electron chi connectivity index (χ0n) is 15.9. The SMILES string of the molecule is COCCOc1cc2[nH]nc(-c3cc(-c4ccc(C(C)=O)cc4)no3)c2cc1F. The number of hydrogen-bond acceptors (Lipinski definition) is 6. The number of hydrogen-bond donors (Lipinski definition) is 1. The molecule has 0 aliphatic rings. The first-order chi connectivity index (χ1) is 14.1. The van der Waals surface area contributed by atoms with E-state index < -0.39 is 5.82 Å². The number of aromatic amines is 1. The summed E-state index contributed by atoms with van der Waals surface area (Å²) in [5.74, 6) is 0.00621. The molecule has 0 amide bonds. The number of ether oxygens (including phenoxy) is 2. The predicted molar refractivity (Wildman–Crippen MR) is 104 cm³/mol. The van der Waals surface area contributed by atoms with Crippen molar-refractivity contribution in [2.24, 2.45) is 0 Å². The quantitative estimate of drug-likeness (QED) is 0.372. The van der Waals surface area contributed by atoms with E-state index in [1.54, 1.807) is 43.5 Å². The molecule has 0 radical (unpaired) electrons. The minimum Gasteiger partial charge on any atom is -0.488 e. The summed E-state index contributed by atoms with van der Waals surface area (Å²) in [6.45, 7) is 2.12. The molecule has 1 N–H and O–H groups in total. The normalized spacial score (nSPS) is 11.1. The summed E-state index contributed by atoms with van der Waals surface area (Å²) in [6.07, 6.45) is 0. The summed E-state index contributed by atoms with van der Waals surface area (Å²) in [5.41, 5.74) is 3.06. The van der Waals surface area contributed by atoms with E-state index in [0.29, 0.717) is 40.2 Å². The molecule has 0 saturated carbocycles. The fourth-order valence-electron chi connectivity index (χ4n) is 2.95. The van der Waals surface area contributed by atoms with Gasteiger partial charge in [-0.05, 0) is 13.0 Å². The van der Waals surface area contributed by atoms with Crippen molar-refractivity contribution in [3.05, 3.63) is 53.8 Å². The molecule has 0 atom stereocenters. The number of rotatable bonds is 7. The van der Waals surface area contributed by atoms with Gasteiger partial charge in [0.1, 0.15) is 18.0 Å². The van der Waals surface area contributed by atoms with E-state index in [-0.39, 0.29) is 18.1 Å². The molecular formula is C21H18FN3O4. The number of ketones is 1. The van der Waals surface area contributed by atoms with Crippen LogP contribution in [-0.2, 0) is 4.74 Å². The average molecular weight is 395 g/mol. The molecule has 2 aromatic carbocycles. The topological polar surface area (TPSA) is 90.2 Å². The van der Waals surface area contributed by atoms with Gasteiger partial charge in [-0.3, -0.25) is 9.89 Å². The fourth-order valence-corrected chi connectivity index (χ4v) is 2.95. The number of carbonyl (C=O) groups is 1. The van der Waals surface area contributed by atoms with Crippen molar-refractivity contribution < 1.29 is 23.2 Å². The highest BCUT2D eigenvalue weighted by Gasteiger charge is 2.17. The number of H-pyrrole nitrogens is 1. The van der Waals surface area contributed by atoms with Crippen molar-refractivity contribution >= 4 is 16.7 Å². The maximum atomic E-state index is 14.4. The smallest absolute Gasteiger partial charge is 0.188 e. The standard InChI is InChI=1S/C21H18FN3O4/c1-12(26)13-3-5-14(6-4-13)17-10-20(29-25-17)21-15-9-16(22)19(28-8-7-27-2)11-18(15)23-24-21/h3-6,9-11H,7-8H2,1-2H3,(H,23,24). The average Bonchev–Trinajstić information content (AvgIpc) is 3.35. The molecule has 148 valence electrons. The zero-order valence-corrected chi connectivity index (χ0v) is 15.9. The van der Waals surface area contributed by atoms with Gasteiger partial charge in [-0.2, -0.15) is 5.10 Å². The number of nitrogens with zero attached hydrogens (tertiary/aromatic N) is 2. The van der Waals surface area contributed by atoms with Crippen LogP contribution in [0, 0.1) is 5.82 Å². The van der Waals surface area contributed by atoms with Gasteiger partial charge in [0.25, 0.3) is 0 Å². The third kappa shape index (κ3) is 3.74. The molecular weight excluding hydrogens is 377 g/mol. The Bertz CT molecular complexity index is 1160. The highest BCUT2D eigenvalue weighted by Crippen LogP contribution is 2.33. The largest absolute Gasteiger partial charge is 0.488 e. The lowest BCUT2D eigenvalue weighted by atomic mass is 10.1. The predicted octanol–water partition coefficient (Wildman–Crippen LogP) is 4.25. The molecule has 0 fully saturated rings. The summed E-state index contributed by atoms with van der Waals surface area (Å²) in [4.78, 5) is 11.4. The lowest BCUT2D eigenvalue weighted by Gasteiger charge is -2.06. The van der Waals surface area contributed by atoms with Crippen molar-refractivity contribution in [2.75, 3.05) is 20.3 Å². The van der Waals surface area contributed by atoms with Crippen LogP contribution in [0.1, 0.15) is 17.3 Å². The summed E-state index contributed by atoms with van der Waals surface area (Å²) in [5, 5.41) is 11.7. The van der Waals surface area contributed by atoms with E-state index in [9.17, 15) is 9.18 Å². The highest BCUT2D eigenvalue weighted by molar-refractivity contribution is 5.95. The van der Waals surface area contributed by atoms with E-state index >= 15 is 0 Å². The third-order valence-corrected chi connectivity index (χ3v) is 4.49. The Kier molecular flexibility index (Phi) is 5.09. The van der Waals surface area contributed by atoms with Gasteiger partial charge in [-0.1, -0.05) is 29.4 Å². The number of benzene rings is 2. The Morgan fingerprint density at radius 3 is 2.69 bits per heavy atom. The Balaban J connectivity index is 1.63. The number of fused-ring (bicyclic) bond motifs is 1. The number of aromatic nitrogens is 3. The Morgan fingerprint density at radius 1 is 1.17 bits per heavy atom. The van der Waals surface area contributed by atoms with Crippen molar-refractivity contribution in [3.8, 4) is 28.5 Å². The molecule has 8 heteroatoms. The summed E-state index contributed by atoms with van der Waals surface area (Å²) >= 11 is 0. The molecule has 2 aromatic heterocycles. The van der Waals surface area contributed by atoms with Gasteiger partial charge in [0, 0.05) is 35.8 Å². The van der Waals surface area contributed by atoms with Crippen LogP contribution in [0.3, 0.4) is 0 Å². The van der Waals surface area contributed by atoms with Gasteiger partial charge < -0.3 is 14.0 Å². The van der Waals surface area contributed by atoms with Crippen molar-refractivity contribution in [2.45, 2.75) is 6.92 Å². The van der Waals surface area contributed by atoms with Crippen LogP contribution < -0.4 is 4.74 Å². The van der Waals surface area contributed by atoms with E-state index in [1.807, 2.05) is 0 Å². The molecule has 7 nitrogen and oxygen atoms in total. The molecule has 0 spiro atoms. The second-order valence-corrected chi connectivity index (χ2v) is 6.45. The first kappa shape index (κ1) is 18.8. The van der Waals surface area contributed by atoms with Crippen LogP contribution in [0.15, 0.2) is 47.0 Å². The molecule has 29 heavy (non-hydrogen) atoms. The van der Waals surface area contributed by atoms with Crippen molar-refractivity contribution in [1.29, 1.82) is 0 Å². The number of nitrogens with one attached hydrogen (secondary N) is 1. The van der Waals surface area contributed by atoms with E-state index in [0.717, 1.165) is 5.56 Å². The third-order valence-electron chi connectivity index (χ3n) is 4.49. The summed E-state index contributed by atoms with van der Waals surface area (Å²) < 4.78 is 30.1. The fraction of sp³-hybridized carbons (Fsp3) is 0.190. The Hall–Kier alpha value is -3.52. The second-order valence-electron chi connectivity index (χ2n) is 6.45. The molecule has 0 bridgehead atoms. The van der Waals surface area contributed by atoms with Crippen LogP contribution in [-0.4, -0.2) is 41.5 Å². The van der Waals surface area contributed by atoms with Crippen molar-refractivity contribution in [3.63, 3.8) is 0 Å². The first-order valence-corrected chi connectivity index (χ1v) is 8.94. The molecule has 0 aliphatic carbocycles. The zero-order chi connectivity index (χ0) is 20.4. The maximum absolute atomic E-state index is 14.4. The minimum atomic E-state index is -0.504. The minimum absolute atomic E-state index is 0.00650.